The summed E-state index contributed by atoms with van der Waals surface area (Å²) in [6.07, 6.45) is 10.7. The van der Waals surface area contributed by atoms with Crippen LogP contribution in [0, 0.1) is 23.7 Å². The van der Waals surface area contributed by atoms with Crippen molar-refractivity contribution >= 4 is 0 Å². The van der Waals surface area contributed by atoms with Crippen molar-refractivity contribution in [1.29, 1.82) is 0 Å². The van der Waals surface area contributed by atoms with Crippen LogP contribution in [0.2, 0.25) is 0 Å². The van der Waals surface area contributed by atoms with Crippen LogP contribution in [0.4, 0.5) is 0 Å². The highest BCUT2D eigenvalue weighted by molar-refractivity contribution is 5.00. The molecule has 0 aromatic rings. The van der Waals surface area contributed by atoms with E-state index in [1.807, 2.05) is 0 Å². The van der Waals surface area contributed by atoms with Crippen molar-refractivity contribution in [2.24, 2.45) is 23.7 Å². The Morgan fingerprint density at radius 1 is 0.600 bits per heavy atom. The van der Waals surface area contributed by atoms with Crippen LogP contribution >= 0.6 is 0 Å². The lowest BCUT2D eigenvalue weighted by Gasteiger charge is -2.43. The van der Waals surface area contributed by atoms with Gasteiger partial charge in [-0.2, -0.15) is 0 Å². The molecular weight excluding hydrogens is 384 g/mol. The average Bonchev–Trinajstić information content (AvgIpc) is 3.37. The zero-order valence-corrected chi connectivity index (χ0v) is 17.8. The van der Waals surface area contributed by atoms with Gasteiger partial charge in [-0.05, 0) is 63.2 Å². The number of aliphatic hydroxyl groups is 1. The lowest BCUT2D eigenvalue weighted by atomic mass is 9.81. The van der Waals surface area contributed by atoms with Gasteiger partial charge in [-0.3, -0.25) is 0 Å². The van der Waals surface area contributed by atoms with Crippen LogP contribution in [0.1, 0.15) is 51.4 Å². The molecule has 7 atom stereocenters. The van der Waals surface area contributed by atoms with Gasteiger partial charge in [0.2, 0.25) is 0 Å². The first kappa shape index (κ1) is 21.1. The maximum Gasteiger partial charge on any atom is 0.190 e. The molecule has 0 spiro atoms. The van der Waals surface area contributed by atoms with E-state index in [0.29, 0.717) is 23.7 Å². The Kier molecular flexibility index (Phi) is 6.33. The second kappa shape index (κ2) is 9.00. The number of aliphatic hydroxyl groups excluding tert-OH is 1. The van der Waals surface area contributed by atoms with Gasteiger partial charge < -0.3 is 28.8 Å². The third kappa shape index (κ3) is 3.91. The standard InChI is InChI=1S/C24H36O6/c1-3-14-5-9-16(10-6-14)22-26-18(13-25)19-20(28-22)21-24(27-19)30-23(29-21)17-11-7-15(4-2)8-12-17/h3-4,14-25H,1-2,5-13H2. The Balaban J connectivity index is 1.22. The second-order valence-corrected chi connectivity index (χ2v) is 9.72. The molecule has 3 saturated heterocycles. The minimum absolute atomic E-state index is 0.0858. The highest BCUT2D eigenvalue weighted by atomic mass is 16.8. The molecule has 6 nitrogen and oxygen atoms in total. The quantitative estimate of drug-likeness (QED) is 0.687. The summed E-state index contributed by atoms with van der Waals surface area (Å²) in [5, 5.41) is 9.94. The summed E-state index contributed by atoms with van der Waals surface area (Å²) in [6.45, 7) is 7.78. The molecule has 0 radical (unpaired) electrons. The molecular formula is C24H36O6. The molecule has 5 rings (SSSR count). The highest BCUT2D eigenvalue weighted by Gasteiger charge is 2.59. The van der Waals surface area contributed by atoms with E-state index in [-0.39, 0.29) is 37.5 Å². The number of fused-ring (bicyclic) bond motifs is 3. The van der Waals surface area contributed by atoms with E-state index in [2.05, 4.69) is 25.3 Å². The summed E-state index contributed by atoms with van der Waals surface area (Å²) in [7, 11) is 0. The summed E-state index contributed by atoms with van der Waals surface area (Å²) < 4.78 is 31.3. The van der Waals surface area contributed by atoms with Crippen LogP contribution in [0.3, 0.4) is 0 Å². The molecule has 0 bridgehead atoms. The summed E-state index contributed by atoms with van der Waals surface area (Å²) in [5.41, 5.74) is 0. The van der Waals surface area contributed by atoms with Crippen LogP contribution in [0.15, 0.2) is 25.3 Å². The summed E-state index contributed by atoms with van der Waals surface area (Å²) in [5.74, 6) is 1.94. The Morgan fingerprint density at radius 2 is 1.10 bits per heavy atom. The molecule has 5 fully saturated rings. The van der Waals surface area contributed by atoms with Crippen LogP contribution in [-0.2, 0) is 23.7 Å². The molecule has 0 aromatic heterocycles. The number of ether oxygens (including phenoxy) is 5. The van der Waals surface area contributed by atoms with Crippen molar-refractivity contribution < 1.29 is 28.8 Å². The third-order valence-corrected chi connectivity index (χ3v) is 7.98. The molecule has 2 aliphatic carbocycles. The van der Waals surface area contributed by atoms with E-state index in [1.54, 1.807) is 0 Å². The van der Waals surface area contributed by atoms with Crippen molar-refractivity contribution in [3.05, 3.63) is 25.3 Å². The lowest BCUT2D eigenvalue weighted by molar-refractivity contribution is -0.318. The molecule has 3 heterocycles. The Labute approximate surface area is 179 Å². The molecule has 0 aromatic carbocycles. The maximum atomic E-state index is 9.94. The van der Waals surface area contributed by atoms with Crippen LogP contribution in [0.25, 0.3) is 0 Å². The molecule has 0 amide bonds. The summed E-state index contributed by atoms with van der Waals surface area (Å²) in [6, 6.07) is 0. The van der Waals surface area contributed by atoms with Gasteiger partial charge in [0.25, 0.3) is 0 Å². The van der Waals surface area contributed by atoms with Crippen LogP contribution < -0.4 is 0 Å². The molecule has 1 N–H and O–H groups in total. The van der Waals surface area contributed by atoms with Gasteiger partial charge in [0.05, 0.1) is 6.61 Å². The average molecular weight is 421 g/mol. The minimum atomic E-state index is -0.435. The molecule has 5 aliphatic rings. The zero-order valence-electron chi connectivity index (χ0n) is 17.8. The van der Waals surface area contributed by atoms with Gasteiger partial charge in [0.1, 0.15) is 24.4 Å². The summed E-state index contributed by atoms with van der Waals surface area (Å²) in [4.78, 5) is 0. The van der Waals surface area contributed by atoms with Gasteiger partial charge in [-0.15, -0.1) is 13.2 Å². The number of rotatable bonds is 5. The van der Waals surface area contributed by atoms with Gasteiger partial charge in [-0.1, -0.05) is 12.2 Å². The van der Waals surface area contributed by atoms with Gasteiger partial charge in [0, 0.05) is 11.8 Å². The first-order valence-corrected chi connectivity index (χ1v) is 11.8. The SMILES string of the molecule is C=CC1CCC(C2OC3OC4C(CO)OC(C5CCC(C=C)CC5)OC4C3O2)CC1. The smallest absolute Gasteiger partial charge is 0.190 e. The van der Waals surface area contributed by atoms with E-state index >= 15 is 0 Å². The number of hydrogen-bond donors (Lipinski definition) is 1. The van der Waals surface area contributed by atoms with E-state index in [9.17, 15) is 5.11 Å². The molecule has 168 valence electrons. The first-order valence-electron chi connectivity index (χ1n) is 11.8. The van der Waals surface area contributed by atoms with E-state index in [1.165, 1.54) is 0 Å². The molecule has 2 saturated carbocycles. The van der Waals surface area contributed by atoms with E-state index < -0.39 is 12.4 Å². The second-order valence-electron chi connectivity index (χ2n) is 9.72. The molecule has 6 heteroatoms. The Morgan fingerprint density at radius 3 is 1.63 bits per heavy atom. The fraction of sp³-hybridized carbons (Fsp3) is 0.833. The first-order chi connectivity index (χ1) is 14.7. The fourth-order valence-electron chi connectivity index (χ4n) is 6.01. The minimum Gasteiger partial charge on any atom is -0.394 e. The van der Waals surface area contributed by atoms with Crippen molar-refractivity contribution in [3.63, 3.8) is 0 Å². The highest BCUT2D eigenvalue weighted by Crippen LogP contribution is 2.45. The number of allylic oxidation sites excluding steroid dienone is 2. The van der Waals surface area contributed by atoms with Crippen molar-refractivity contribution in [3.8, 4) is 0 Å². The maximum absolute atomic E-state index is 9.94. The van der Waals surface area contributed by atoms with Gasteiger partial charge >= 0.3 is 0 Å². The van der Waals surface area contributed by atoms with Crippen molar-refractivity contribution in [1.82, 2.24) is 0 Å². The van der Waals surface area contributed by atoms with Crippen molar-refractivity contribution in [2.75, 3.05) is 6.61 Å². The van der Waals surface area contributed by atoms with Crippen LogP contribution in [0.5, 0.6) is 0 Å². The predicted octanol–water partition coefficient (Wildman–Crippen LogP) is 3.54. The topological polar surface area (TPSA) is 66.4 Å². The molecule has 3 aliphatic heterocycles. The molecule has 7 unspecified atom stereocenters. The van der Waals surface area contributed by atoms with Crippen molar-refractivity contribution in [2.45, 2.75) is 94.7 Å². The normalized spacial score (nSPS) is 51.2. The monoisotopic (exact) mass is 420 g/mol. The largest absolute Gasteiger partial charge is 0.394 e. The number of hydrogen-bond acceptors (Lipinski definition) is 6. The van der Waals surface area contributed by atoms with E-state index in [4.69, 9.17) is 23.7 Å². The van der Waals surface area contributed by atoms with E-state index in [0.717, 1.165) is 51.4 Å². The van der Waals surface area contributed by atoms with Gasteiger partial charge in [-0.25, -0.2) is 0 Å². The third-order valence-electron chi connectivity index (χ3n) is 7.98. The van der Waals surface area contributed by atoms with Crippen LogP contribution in [-0.4, -0.2) is 55.0 Å². The fourth-order valence-corrected chi connectivity index (χ4v) is 6.01. The molecule has 30 heavy (non-hydrogen) atoms. The Hall–Kier alpha value is -0.760. The zero-order chi connectivity index (χ0) is 20.7. The van der Waals surface area contributed by atoms with Gasteiger partial charge in [0.15, 0.2) is 18.9 Å². The predicted molar refractivity (Wildman–Crippen MR) is 110 cm³/mol. The lowest BCUT2D eigenvalue weighted by Crippen LogP contribution is -2.55. The summed E-state index contributed by atoms with van der Waals surface area (Å²) >= 11 is 0. The Bertz CT molecular complexity index is 609.